The minimum absolute atomic E-state index is 0.135. The third kappa shape index (κ3) is 5.54. The lowest BCUT2D eigenvalue weighted by Crippen LogP contribution is -2.31. The minimum Gasteiger partial charge on any atom is -0.497 e. The van der Waals surface area contributed by atoms with Crippen LogP contribution in [0.4, 0.5) is 0 Å². The van der Waals surface area contributed by atoms with Crippen molar-refractivity contribution in [1.82, 2.24) is 5.32 Å². The summed E-state index contributed by atoms with van der Waals surface area (Å²) in [6.07, 6.45) is -0.268. The van der Waals surface area contributed by atoms with E-state index in [1.54, 1.807) is 38.3 Å². The van der Waals surface area contributed by atoms with Gasteiger partial charge >= 0.3 is 0 Å². The van der Waals surface area contributed by atoms with Crippen LogP contribution in [0.1, 0.15) is 13.3 Å². The van der Waals surface area contributed by atoms with E-state index in [-0.39, 0.29) is 18.9 Å². The van der Waals surface area contributed by atoms with Crippen molar-refractivity contribution in [3.63, 3.8) is 0 Å². The molecule has 1 aromatic carbocycles. The topological polar surface area (TPSA) is 67.8 Å². The Morgan fingerprint density at radius 2 is 1.94 bits per heavy atom. The van der Waals surface area contributed by atoms with Gasteiger partial charge in [-0.3, -0.25) is 4.79 Å². The number of rotatable bonds is 7. The number of hydrogen-bond acceptors (Lipinski definition) is 4. The molecule has 0 saturated heterocycles. The number of methoxy groups -OCH3 is 1. The van der Waals surface area contributed by atoms with E-state index in [0.717, 1.165) is 5.75 Å². The van der Waals surface area contributed by atoms with Crippen LogP contribution in [0.15, 0.2) is 24.3 Å². The lowest BCUT2D eigenvalue weighted by atomic mass is 10.3. The Bertz CT molecular complexity index is 362. The number of aliphatic hydroxyl groups is 1. The fourth-order valence-electron chi connectivity index (χ4n) is 1.28. The molecule has 0 aliphatic heterocycles. The van der Waals surface area contributed by atoms with E-state index >= 15 is 0 Å². The molecule has 5 nitrogen and oxygen atoms in total. The number of hydrogen-bond donors (Lipinski definition) is 2. The molecule has 2 N–H and O–H groups in total. The highest BCUT2D eigenvalue weighted by Crippen LogP contribution is 2.16. The zero-order valence-corrected chi connectivity index (χ0v) is 10.7. The first kappa shape index (κ1) is 14.3. The zero-order valence-electron chi connectivity index (χ0n) is 10.7. The molecule has 18 heavy (non-hydrogen) atoms. The second-order valence-electron chi connectivity index (χ2n) is 3.93. The molecule has 100 valence electrons. The summed E-state index contributed by atoms with van der Waals surface area (Å²) in [4.78, 5) is 11.3. The molecular weight excluding hydrogens is 234 g/mol. The Hall–Kier alpha value is -1.75. The molecule has 0 aliphatic carbocycles. The average Bonchev–Trinajstić information content (AvgIpc) is 2.37. The molecule has 1 amide bonds. The van der Waals surface area contributed by atoms with Gasteiger partial charge in [0.05, 0.1) is 26.2 Å². The van der Waals surface area contributed by atoms with Crippen molar-refractivity contribution in [3.8, 4) is 11.5 Å². The predicted molar refractivity (Wildman–Crippen MR) is 67.8 cm³/mol. The first-order valence-electron chi connectivity index (χ1n) is 5.83. The summed E-state index contributed by atoms with van der Waals surface area (Å²) in [7, 11) is 1.60. The molecule has 1 atom stereocenters. The summed E-state index contributed by atoms with van der Waals surface area (Å²) in [5, 5.41) is 11.6. The van der Waals surface area contributed by atoms with E-state index in [0.29, 0.717) is 12.4 Å². The quantitative estimate of drug-likeness (QED) is 0.759. The number of amides is 1. The maximum absolute atomic E-state index is 11.3. The van der Waals surface area contributed by atoms with Crippen LogP contribution in [0.2, 0.25) is 0 Å². The van der Waals surface area contributed by atoms with E-state index in [9.17, 15) is 4.79 Å². The van der Waals surface area contributed by atoms with Crippen LogP contribution in [0.3, 0.4) is 0 Å². The van der Waals surface area contributed by atoms with Gasteiger partial charge in [0, 0.05) is 6.54 Å². The van der Waals surface area contributed by atoms with E-state index in [1.165, 1.54) is 0 Å². The SMILES string of the molecule is COc1ccc(OCCC(=O)NCC(C)O)cc1. The molecule has 5 heteroatoms. The van der Waals surface area contributed by atoms with Crippen LogP contribution >= 0.6 is 0 Å². The second-order valence-corrected chi connectivity index (χ2v) is 3.93. The number of benzene rings is 1. The third-order valence-corrected chi connectivity index (χ3v) is 2.25. The Morgan fingerprint density at radius 1 is 1.33 bits per heavy atom. The van der Waals surface area contributed by atoms with Gasteiger partial charge in [-0.15, -0.1) is 0 Å². The smallest absolute Gasteiger partial charge is 0.223 e. The molecule has 0 aliphatic rings. The van der Waals surface area contributed by atoms with Gasteiger partial charge in [-0.25, -0.2) is 0 Å². The normalized spacial score (nSPS) is 11.7. The van der Waals surface area contributed by atoms with Crippen LogP contribution in [-0.4, -0.2) is 37.4 Å². The Kier molecular flexibility index (Phi) is 6.00. The van der Waals surface area contributed by atoms with E-state index in [4.69, 9.17) is 14.6 Å². The van der Waals surface area contributed by atoms with Gasteiger partial charge in [-0.05, 0) is 31.2 Å². The molecule has 1 aromatic rings. The van der Waals surface area contributed by atoms with Crippen molar-refractivity contribution >= 4 is 5.91 Å². The summed E-state index contributed by atoms with van der Waals surface area (Å²) in [6.45, 7) is 2.19. The zero-order chi connectivity index (χ0) is 13.4. The molecular formula is C13H19NO4. The van der Waals surface area contributed by atoms with Gasteiger partial charge < -0.3 is 19.9 Å². The van der Waals surface area contributed by atoms with E-state index in [1.807, 2.05) is 0 Å². The standard InChI is InChI=1S/C13H19NO4/c1-10(15)9-14-13(16)7-8-18-12-5-3-11(17-2)4-6-12/h3-6,10,15H,7-9H2,1-2H3,(H,14,16). The summed E-state index contributed by atoms with van der Waals surface area (Å²) < 4.78 is 10.4. The van der Waals surface area contributed by atoms with Gasteiger partial charge in [0.2, 0.25) is 5.91 Å². The van der Waals surface area contributed by atoms with E-state index < -0.39 is 6.10 Å². The van der Waals surface area contributed by atoms with Crippen LogP contribution < -0.4 is 14.8 Å². The lowest BCUT2D eigenvalue weighted by molar-refractivity contribution is -0.122. The van der Waals surface area contributed by atoms with Crippen molar-refractivity contribution in [2.45, 2.75) is 19.4 Å². The Labute approximate surface area is 107 Å². The third-order valence-electron chi connectivity index (χ3n) is 2.25. The lowest BCUT2D eigenvalue weighted by Gasteiger charge is -2.08. The highest BCUT2D eigenvalue weighted by atomic mass is 16.5. The highest BCUT2D eigenvalue weighted by Gasteiger charge is 2.03. The number of ether oxygens (including phenoxy) is 2. The summed E-state index contributed by atoms with van der Waals surface area (Å²) in [5.74, 6) is 1.32. The highest BCUT2D eigenvalue weighted by molar-refractivity contribution is 5.75. The number of aliphatic hydroxyl groups excluding tert-OH is 1. The minimum atomic E-state index is -0.531. The van der Waals surface area contributed by atoms with Crippen molar-refractivity contribution in [2.75, 3.05) is 20.3 Å². The Balaban J connectivity index is 2.22. The largest absolute Gasteiger partial charge is 0.497 e. The molecule has 0 saturated carbocycles. The second kappa shape index (κ2) is 7.55. The first-order chi connectivity index (χ1) is 8.61. The molecule has 0 spiro atoms. The van der Waals surface area contributed by atoms with Crippen LogP contribution in [0.25, 0.3) is 0 Å². The van der Waals surface area contributed by atoms with Gasteiger partial charge in [-0.1, -0.05) is 0 Å². The van der Waals surface area contributed by atoms with Crippen molar-refractivity contribution in [3.05, 3.63) is 24.3 Å². The van der Waals surface area contributed by atoms with E-state index in [2.05, 4.69) is 5.32 Å². The number of carbonyl (C=O) groups excluding carboxylic acids is 1. The average molecular weight is 253 g/mol. The number of carbonyl (C=O) groups is 1. The number of nitrogens with one attached hydrogen (secondary N) is 1. The molecule has 0 aromatic heterocycles. The molecule has 0 heterocycles. The van der Waals surface area contributed by atoms with Crippen molar-refractivity contribution in [1.29, 1.82) is 0 Å². The Morgan fingerprint density at radius 3 is 2.50 bits per heavy atom. The van der Waals surface area contributed by atoms with Crippen LogP contribution in [-0.2, 0) is 4.79 Å². The van der Waals surface area contributed by atoms with Crippen molar-refractivity contribution in [2.24, 2.45) is 0 Å². The summed E-state index contributed by atoms with van der Waals surface area (Å²) >= 11 is 0. The monoisotopic (exact) mass is 253 g/mol. The van der Waals surface area contributed by atoms with Gasteiger partial charge in [0.15, 0.2) is 0 Å². The predicted octanol–water partition coefficient (Wildman–Crippen LogP) is 0.961. The van der Waals surface area contributed by atoms with Crippen LogP contribution in [0, 0.1) is 0 Å². The molecule has 0 bridgehead atoms. The summed E-state index contributed by atoms with van der Waals surface area (Å²) in [5.41, 5.74) is 0. The summed E-state index contributed by atoms with van der Waals surface area (Å²) in [6, 6.07) is 7.16. The van der Waals surface area contributed by atoms with Gasteiger partial charge in [-0.2, -0.15) is 0 Å². The van der Waals surface area contributed by atoms with Gasteiger partial charge in [0.25, 0.3) is 0 Å². The fraction of sp³-hybridized carbons (Fsp3) is 0.462. The van der Waals surface area contributed by atoms with Crippen molar-refractivity contribution < 1.29 is 19.4 Å². The maximum atomic E-state index is 11.3. The molecule has 1 unspecified atom stereocenters. The maximum Gasteiger partial charge on any atom is 0.223 e. The van der Waals surface area contributed by atoms with Gasteiger partial charge in [0.1, 0.15) is 11.5 Å². The van der Waals surface area contributed by atoms with Crippen LogP contribution in [0.5, 0.6) is 11.5 Å². The molecule has 1 rings (SSSR count). The molecule has 0 fully saturated rings. The fourth-order valence-corrected chi connectivity index (χ4v) is 1.28. The molecule has 0 radical (unpaired) electrons. The first-order valence-corrected chi connectivity index (χ1v) is 5.83.